The molecular formula is C12H18N4O3. The van der Waals surface area contributed by atoms with E-state index in [4.69, 9.17) is 20.8 Å². The molecule has 7 nitrogen and oxygen atoms in total. The minimum atomic E-state index is -0.205. The molecule has 104 valence electrons. The molecule has 19 heavy (non-hydrogen) atoms. The van der Waals surface area contributed by atoms with Crippen molar-refractivity contribution in [1.82, 2.24) is 4.98 Å². The first kappa shape index (κ1) is 13.6. The highest BCUT2D eigenvalue weighted by Gasteiger charge is 2.21. The molecule has 1 aliphatic heterocycles. The summed E-state index contributed by atoms with van der Waals surface area (Å²) >= 11 is 0. The average molecular weight is 266 g/mol. The number of amidine groups is 1. The SMILES string of the molecule is Cc1cc(/C(N)=N/O)cc(N2CCOC(CO)C2)n1. The first-order valence-electron chi connectivity index (χ1n) is 6.08. The number of aromatic nitrogens is 1. The molecule has 1 fully saturated rings. The number of hydrogen-bond donors (Lipinski definition) is 3. The van der Waals surface area contributed by atoms with Crippen molar-refractivity contribution in [2.45, 2.75) is 13.0 Å². The third kappa shape index (κ3) is 3.12. The molecule has 0 bridgehead atoms. The van der Waals surface area contributed by atoms with Crippen LogP contribution >= 0.6 is 0 Å². The number of aliphatic hydroxyl groups is 1. The third-order valence-electron chi connectivity index (χ3n) is 3.01. The minimum Gasteiger partial charge on any atom is -0.409 e. The largest absolute Gasteiger partial charge is 0.409 e. The number of nitrogens with two attached hydrogens (primary N) is 1. The van der Waals surface area contributed by atoms with Crippen molar-refractivity contribution in [1.29, 1.82) is 0 Å². The Bertz CT molecular complexity index is 478. The van der Waals surface area contributed by atoms with Crippen LogP contribution in [0, 0.1) is 6.92 Å². The highest BCUT2D eigenvalue weighted by atomic mass is 16.5. The Morgan fingerprint density at radius 2 is 2.42 bits per heavy atom. The summed E-state index contributed by atoms with van der Waals surface area (Å²) in [6, 6.07) is 3.52. The van der Waals surface area contributed by atoms with Crippen LogP contribution in [0.2, 0.25) is 0 Å². The third-order valence-corrected chi connectivity index (χ3v) is 3.01. The zero-order chi connectivity index (χ0) is 13.8. The highest BCUT2D eigenvalue weighted by molar-refractivity contribution is 5.97. The summed E-state index contributed by atoms with van der Waals surface area (Å²) in [7, 11) is 0. The molecule has 2 heterocycles. The summed E-state index contributed by atoms with van der Waals surface area (Å²) in [5.74, 6) is 0.794. The van der Waals surface area contributed by atoms with Crippen LogP contribution in [-0.2, 0) is 4.74 Å². The van der Waals surface area contributed by atoms with Crippen molar-refractivity contribution in [3.05, 3.63) is 23.4 Å². The van der Waals surface area contributed by atoms with Crippen LogP contribution in [0.1, 0.15) is 11.3 Å². The number of ether oxygens (including phenoxy) is 1. The predicted octanol–water partition coefficient (Wildman–Crippen LogP) is -0.318. The van der Waals surface area contributed by atoms with Crippen LogP contribution in [-0.4, -0.2) is 53.5 Å². The fraction of sp³-hybridized carbons (Fsp3) is 0.500. The summed E-state index contributed by atoms with van der Waals surface area (Å²) in [5, 5.41) is 20.9. The van der Waals surface area contributed by atoms with E-state index >= 15 is 0 Å². The second-order valence-corrected chi connectivity index (χ2v) is 4.46. The molecule has 1 unspecified atom stereocenters. The maximum atomic E-state index is 9.15. The summed E-state index contributed by atoms with van der Waals surface area (Å²) in [6.45, 7) is 3.64. The first-order valence-corrected chi connectivity index (χ1v) is 6.08. The van der Waals surface area contributed by atoms with E-state index in [1.165, 1.54) is 0 Å². The van der Waals surface area contributed by atoms with Gasteiger partial charge in [-0.3, -0.25) is 0 Å². The van der Waals surface area contributed by atoms with Gasteiger partial charge < -0.3 is 25.7 Å². The Kier molecular flexibility index (Phi) is 4.18. The van der Waals surface area contributed by atoms with E-state index in [0.29, 0.717) is 25.3 Å². The zero-order valence-electron chi connectivity index (χ0n) is 10.8. The molecule has 0 spiro atoms. The molecule has 0 amide bonds. The Hall–Kier alpha value is -1.86. The number of anilines is 1. The van der Waals surface area contributed by atoms with Gasteiger partial charge in [0.25, 0.3) is 0 Å². The zero-order valence-corrected chi connectivity index (χ0v) is 10.8. The van der Waals surface area contributed by atoms with Gasteiger partial charge in [-0.1, -0.05) is 5.16 Å². The van der Waals surface area contributed by atoms with Crippen LogP contribution in [0.25, 0.3) is 0 Å². The summed E-state index contributed by atoms with van der Waals surface area (Å²) < 4.78 is 5.40. The number of oxime groups is 1. The number of aryl methyl sites for hydroxylation is 1. The lowest BCUT2D eigenvalue weighted by Gasteiger charge is -2.33. The molecule has 1 aliphatic rings. The minimum absolute atomic E-state index is 0.0184. The number of rotatable bonds is 3. The molecule has 2 rings (SSSR count). The lowest BCUT2D eigenvalue weighted by molar-refractivity contribution is 0.00335. The maximum absolute atomic E-state index is 9.15. The van der Waals surface area contributed by atoms with E-state index in [0.717, 1.165) is 11.5 Å². The molecule has 1 aromatic rings. The molecule has 0 saturated carbocycles. The van der Waals surface area contributed by atoms with E-state index < -0.39 is 0 Å². The van der Waals surface area contributed by atoms with Gasteiger partial charge in [-0.05, 0) is 19.1 Å². The van der Waals surface area contributed by atoms with E-state index in [1.807, 2.05) is 11.8 Å². The molecule has 4 N–H and O–H groups in total. The van der Waals surface area contributed by atoms with Gasteiger partial charge in [0, 0.05) is 24.3 Å². The van der Waals surface area contributed by atoms with Gasteiger partial charge in [-0.2, -0.15) is 0 Å². The number of nitrogens with zero attached hydrogens (tertiary/aromatic N) is 3. The van der Waals surface area contributed by atoms with Crippen molar-refractivity contribution in [2.75, 3.05) is 31.2 Å². The van der Waals surface area contributed by atoms with Gasteiger partial charge in [0.1, 0.15) is 5.82 Å². The second kappa shape index (κ2) is 5.85. The lowest BCUT2D eigenvalue weighted by Crippen LogP contribution is -2.44. The summed E-state index contributed by atoms with van der Waals surface area (Å²) in [4.78, 5) is 6.46. The van der Waals surface area contributed by atoms with Crippen molar-refractivity contribution in [2.24, 2.45) is 10.9 Å². The van der Waals surface area contributed by atoms with E-state index in [-0.39, 0.29) is 18.5 Å². The van der Waals surface area contributed by atoms with Crippen LogP contribution in [0.3, 0.4) is 0 Å². The molecule has 0 aromatic carbocycles. The van der Waals surface area contributed by atoms with Crippen molar-refractivity contribution in [3.8, 4) is 0 Å². The van der Waals surface area contributed by atoms with Gasteiger partial charge in [0.05, 0.1) is 19.3 Å². The molecule has 7 heteroatoms. The van der Waals surface area contributed by atoms with Gasteiger partial charge in [-0.15, -0.1) is 0 Å². The molecule has 0 aliphatic carbocycles. The van der Waals surface area contributed by atoms with Gasteiger partial charge in [0.15, 0.2) is 5.84 Å². The van der Waals surface area contributed by atoms with Crippen LogP contribution < -0.4 is 10.6 Å². The Morgan fingerprint density at radius 1 is 1.63 bits per heavy atom. The van der Waals surface area contributed by atoms with Crippen molar-refractivity contribution >= 4 is 11.7 Å². The average Bonchev–Trinajstić information content (AvgIpc) is 2.45. The topological polar surface area (TPSA) is 104 Å². The fourth-order valence-corrected chi connectivity index (χ4v) is 2.06. The van der Waals surface area contributed by atoms with E-state index in [1.54, 1.807) is 12.1 Å². The van der Waals surface area contributed by atoms with Crippen LogP contribution in [0.15, 0.2) is 17.3 Å². The second-order valence-electron chi connectivity index (χ2n) is 4.46. The highest BCUT2D eigenvalue weighted by Crippen LogP contribution is 2.18. The quantitative estimate of drug-likeness (QED) is 0.300. The predicted molar refractivity (Wildman–Crippen MR) is 70.5 cm³/mol. The van der Waals surface area contributed by atoms with Crippen LogP contribution in [0.4, 0.5) is 5.82 Å². The van der Waals surface area contributed by atoms with Gasteiger partial charge in [-0.25, -0.2) is 4.98 Å². The van der Waals surface area contributed by atoms with Crippen molar-refractivity contribution in [3.63, 3.8) is 0 Å². The molecule has 0 radical (unpaired) electrons. The Labute approximate surface area is 111 Å². The smallest absolute Gasteiger partial charge is 0.170 e. The molecular weight excluding hydrogens is 248 g/mol. The van der Waals surface area contributed by atoms with Crippen molar-refractivity contribution < 1.29 is 15.1 Å². The summed E-state index contributed by atoms with van der Waals surface area (Å²) in [5.41, 5.74) is 7.01. The first-order chi connectivity index (χ1) is 9.13. The van der Waals surface area contributed by atoms with Gasteiger partial charge in [0.2, 0.25) is 0 Å². The molecule has 1 atom stereocenters. The normalized spacial score (nSPS) is 20.6. The summed E-state index contributed by atoms with van der Waals surface area (Å²) in [6.07, 6.45) is -0.205. The maximum Gasteiger partial charge on any atom is 0.170 e. The van der Waals surface area contributed by atoms with E-state index in [9.17, 15) is 0 Å². The Morgan fingerprint density at radius 3 is 3.11 bits per heavy atom. The number of aliphatic hydroxyl groups excluding tert-OH is 1. The van der Waals surface area contributed by atoms with E-state index in [2.05, 4.69) is 10.1 Å². The molecule has 1 aromatic heterocycles. The van der Waals surface area contributed by atoms with Crippen LogP contribution in [0.5, 0.6) is 0 Å². The number of morpholine rings is 1. The number of pyridine rings is 1. The monoisotopic (exact) mass is 266 g/mol. The molecule has 1 saturated heterocycles. The van der Waals surface area contributed by atoms with Gasteiger partial charge >= 0.3 is 0 Å². The number of hydrogen-bond acceptors (Lipinski definition) is 6. The lowest BCUT2D eigenvalue weighted by atomic mass is 10.2. The fourth-order valence-electron chi connectivity index (χ4n) is 2.06. The standard InChI is InChI=1S/C12H18N4O3/c1-8-4-9(12(13)15-18)5-11(14-8)16-2-3-19-10(6-16)7-17/h4-5,10,17-18H,2-3,6-7H2,1H3,(H2,13,15). The Balaban J connectivity index is 2.26.